The van der Waals surface area contributed by atoms with Crippen LogP contribution in [0.2, 0.25) is 0 Å². The van der Waals surface area contributed by atoms with E-state index in [0.29, 0.717) is 18.2 Å². The second-order valence-electron chi connectivity index (χ2n) is 4.99. The molecule has 0 aliphatic rings. The lowest BCUT2D eigenvalue weighted by atomic mass is 10.1. The second kappa shape index (κ2) is 7.23. The molecule has 0 heterocycles. The quantitative estimate of drug-likeness (QED) is 0.862. The van der Waals surface area contributed by atoms with Crippen LogP contribution in [0.15, 0.2) is 53.4 Å². The van der Waals surface area contributed by atoms with E-state index in [0.717, 1.165) is 23.8 Å². The number of para-hydroxylation sites is 1. The molecule has 0 unspecified atom stereocenters. The lowest BCUT2D eigenvalue weighted by Gasteiger charge is -2.11. The molecule has 24 heavy (non-hydrogen) atoms. The number of hydrogen-bond acceptors (Lipinski definition) is 3. The molecule has 0 saturated carbocycles. The largest absolute Gasteiger partial charge is 0.496 e. The van der Waals surface area contributed by atoms with Crippen molar-refractivity contribution in [3.05, 3.63) is 59.7 Å². The molecule has 0 saturated heterocycles. The molecule has 0 radical (unpaired) electrons. The smallest absolute Gasteiger partial charge is 0.416 e. The maximum absolute atomic E-state index is 12.7. The maximum Gasteiger partial charge on any atom is 0.416 e. The van der Waals surface area contributed by atoms with Crippen molar-refractivity contribution in [3.8, 4) is 5.75 Å². The average Bonchev–Trinajstić information content (AvgIpc) is 2.54. The minimum atomic E-state index is -4.59. The molecule has 1 N–H and O–H groups in total. The zero-order valence-electron chi connectivity index (χ0n) is 12.8. The number of nitrogens with one attached hydrogen (secondary N) is 1. The summed E-state index contributed by atoms with van der Waals surface area (Å²) in [6.07, 6.45) is -4.24. The SMILES string of the molecule is COc1ccccc1CCNS(=O)(=O)c1cccc(C(F)(F)F)c1. The van der Waals surface area contributed by atoms with Crippen LogP contribution >= 0.6 is 0 Å². The number of halogens is 3. The number of ether oxygens (including phenoxy) is 1. The first-order valence-electron chi connectivity index (χ1n) is 7.03. The molecule has 8 heteroatoms. The molecule has 0 aliphatic heterocycles. The zero-order valence-corrected chi connectivity index (χ0v) is 13.6. The van der Waals surface area contributed by atoms with Crippen molar-refractivity contribution in [2.24, 2.45) is 0 Å². The van der Waals surface area contributed by atoms with E-state index in [1.165, 1.54) is 7.11 Å². The van der Waals surface area contributed by atoms with E-state index in [2.05, 4.69) is 4.72 Å². The van der Waals surface area contributed by atoms with Crippen LogP contribution in [0.3, 0.4) is 0 Å². The van der Waals surface area contributed by atoms with Gasteiger partial charge in [0.25, 0.3) is 0 Å². The van der Waals surface area contributed by atoms with Gasteiger partial charge in [-0.2, -0.15) is 13.2 Å². The number of methoxy groups -OCH3 is 1. The molecular formula is C16H16F3NO3S. The molecule has 0 bridgehead atoms. The first kappa shape index (κ1) is 18.3. The van der Waals surface area contributed by atoms with Gasteiger partial charge in [0.05, 0.1) is 17.6 Å². The fraction of sp³-hybridized carbons (Fsp3) is 0.250. The summed E-state index contributed by atoms with van der Waals surface area (Å²) in [5.41, 5.74) is -0.207. The monoisotopic (exact) mass is 359 g/mol. The molecule has 0 amide bonds. The first-order valence-corrected chi connectivity index (χ1v) is 8.51. The predicted octanol–water partition coefficient (Wildman–Crippen LogP) is 3.24. The highest BCUT2D eigenvalue weighted by molar-refractivity contribution is 7.89. The minimum absolute atomic E-state index is 0.0406. The first-order chi connectivity index (χ1) is 11.2. The van der Waals surface area contributed by atoms with Crippen molar-refractivity contribution < 1.29 is 26.3 Å². The molecule has 130 valence electrons. The van der Waals surface area contributed by atoms with Crippen LogP contribution < -0.4 is 9.46 Å². The van der Waals surface area contributed by atoms with Gasteiger partial charge in [-0.3, -0.25) is 0 Å². The third-order valence-electron chi connectivity index (χ3n) is 3.35. The number of benzene rings is 2. The molecule has 0 spiro atoms. The summed E-state index contributed by atoms with van der Waals surface area (Å²) in [4.78, 5) is -0.419. The summed E-state index contributed by atoms with van der Waals surface area (Å²) in [6, 6.07) is 10.7. The Kier molecular flexibility index (Phi) is 5.51. The van der Waals surface area contributed by atoms with Gasteiger partial charge in [-0.05, 0) is 36.2 Å². The molecule has 0 aliphatic carbocycles. The third kappa shape index (κ3) is 4.48. The highest BCUT2D eigenvalue weighted by Crippen LogP contribution is 2.30. The van der Waals surface area contributed by atoms with Gasteiger partial charge < -0.3 is 4.74 Å². The Bertz CT molecular complexity index is 804. The van der Waals surface area contributed by atoms with Gasteiger partial charge in [-0.15, -0.1) is 0 Å². The summed E-state index contributed by atoms with van der Waals surface area (Å²) >= 11 is 0. The van der Waals surface area contributed by atoms with Gasteiger partial charge in [0.2, 0.25) is 10.0 Å². The van der Waals surface area contributed by atoms with Crippen LogP contribution in [0, 0.1) is 0 Å². The second-order valence-corrected chi connectivity index (χ2v) is 6.75. The van der Waals surface area contributed by atoms with Crippen molar-refractivity contribution >= 4 is 10.0 Å². The van der Waals surface area contributed by atoms with E-state index in [4.69, 9.17) is 4.74 Å². The third-order valence-corrected chi connectivity index (χ3v) is 4.81. The highest BCUT2D eigenvalue weighted by Gasteiger charge is 2.31. The van der Waals surface area contributed by atoms with Crippen molar-refractivity contribution in [2.45, 2.75) is 17.5 Å². The summed E-state index contributed by atoms with van der Waals surface area (Å²) in [6.45, 7) is 0.0406. The van der Waals surface area contributed by atoms with Crippen LogP contribution in [0.25, 0.3) is 0 Å². The van der Waals surface area contributed by atoms with E-state index in [1.54, 1.807) is 24.3 Å². The van der Waals surface area contributed by atoms with E-state index in [9.17, 15) is 21.6 Å². The summed E-state index contributed by atoms with van der Waals surface area (Å²) in [5.74, 6) is 0.621. The van der Waals surface area contributed by atoms with Gasteiger partial charge in [-0.1, -0.05) is 24.3 Å². The number of alkyl halides is 3. The molecule has 2 aromatic rings. The van der Waals surface area contributed by atoms with Gasteiger partial charge in [-0.25, -0.2) is 13.1 Å². The predicted molar refractivity (Wildman–Crippen MR) is 83.3 cm³/mol. The molecule has 2 rings (SSSR count). The van der Waals surface area contributed by atoms with Crippen LogP contribution in [0.5, 0.6) is 5.75 Å². The lowest BCUT2D eigenvalue weighted by Crippen LogP contribution is -2.26. The summed E-state index contributed by atoms with van der Waals surface area (Å²) in [5, 5.41) is 0. The Morgan fingerprint density at radius 2 is 1.79 bits per heavy atom. The molecule has 0 fully saturated rings. The van der Waals surface area contributed by atoms with Crippen LogP contribution in [-0.2, 0) is 22.6 Å². The topological polar surface area (TPSA) is 55.4 Å². The van der Waals surface area contributed by atoms with Crippen LogP contribution in [-0.4, -0.2) is 22.1 Å². The Balaban J connectivity index is 2.09. The fourth-order valence-electron chi connectivity index (χ4n) is 2.15. The Morgan fingerprint density at radius 1 is 1.08 bits per heavy atom. The van der Waals surface area contributed by atoms with Crippen molar-refractivity contribution in [1.82, 2.24) is 4.72 Å². The lowest BCUT2D eigenvalue weighted by molar-refractivity contribution is -0.137. The van der Waals surface area contributed by atoms with Crippen molar-refractivity contribution in [3.63, 3.8) is 0 Å². The van der Waals surface area contributed by atoms with E-state index < -0.39 is 26.7 Å². The Hall–Kier alpha value is -2.06. The molecule has 2 aromatic carbocycles. The van der Waals surface area contributed by atoms with E-state index >= 15 is 0 Å². The van der Waals surface area contributed by atoms with Crippen LogP contribution in [0.1, 0.15) is 11.1 Å². The fourth-order valence-corrected chi connectivity index (χ4v) is 3.23. The van der Waals surface area contributed by atoms with Gasteiger partial charge in [0.1, 0.15) is 5.75 Å². The number of rotatable bonds is 6. The minimum Gasteiger partial charge on any atom is -0.496 e. The van der Waals surface area contributed by atoms with Gasteiger partial charge in [0, 0.05) is 6.54 Å². The normalized spacial score (nSPS) is 12.2. The maximum atomic E-state index is 12.7. The number of sulfonamides is 1. The summed E-state index contributed by atoms with van der Waals surface area (Å²) in [7, 11) is -2.52. The standard InChI is InChI=1S/C16H16F3NO3S/c1-23-15-8-3-2-5-12(15)9-10-20-24(21,22)14-7-4-6-13(11-14)16(17,18)19/h2-8,11,20H,9-10H2,1H3. The van der Waals surface area contributed by atoms with E-state index in [-0.39, 0.29) is 6.54 Å². The highest BCUT2D eigenvalue weighted by atomic mass is 32.2. The van der Waals surface area contributed by atoms with Gasteiger partial charge in [0.15, 0.2) is 0 Å². The molecular weight excluding hydrogens is 343 g/mol. The van der Waals surface area contributed by atoms with Crippen molar-refractivity contribution in [2.75, 3.05) is 13.7 Å². The van der Waals surface area contributed by atoms with Crippen LogP contribution in [0.4, 0.5) is 13.2 Å². The molecule has 0 aromatic heterocycles. The molecule has 0 atom stereocenters. The van der Waals surface area contributed by atoms with Gasteiger partial charge >= 0.3 is 6.18 Å². The van der Waals surface area contributed by atoms with E-state index in [1.807, 2.05) is 0 Å². The summed E-state index contributed by atoms with van der Waals surface area (Å²) < 4.78 is 69.8. The zero-order chi connectivity index (χ0) is 17.8. The number of hydrogen-bond donors (Lipinski definition) is 1. The molecule has 4 nitrogen and oxygen atoms in total. The average molecular weight is 359 g/mol. The Morgan fingerprint density at radius 3 is 2.46 bits per heavy atom. The van der Waals surface area contributed by atoms with Crippen molar-refractivity contribution in [1.29, 1.82) is 0 Å². The Labute approximate surface area is 138 Å².